The SMILES string of the molecule is O=Cc1cc(N2CC(CNCCO)C2)c2nonc2c1. The molecule has 1 aliphatic rings. The second-order valence-electron chi connectivity index (χ2n) is 4.99. The van der Waals surface area contributed by atoms with E-state index < -0.39 is 0 Å². The van der Waals surface area contributed by atoms with Crippen molar-refractivity contribution in [3.05, 3.63) is 17.7 Å². The predicted molar refractivity (Wildman–Crippen MR) is 72.9 cm³/mol. The van der Waals surface area contributed by atoms with Gasteiger partial charge in [0.15, 0.2) is 5.52 Å². The number of nitrogens with zero attached hydrogens (tertiary/aromatic N) is 3. The molecule has 0 radical (unpaired) electrons. The fourth-order valence-corrected chi connectivity index (χ4v) is 2.48. The number of hydrogen-bond donors (Lipinski definition) is 2. The van der Waals surface area contributed by atoms with Gasteiger partial charge in [0, 0.05) is 37.7 Å². The predicted octanol–water partition coefficient (Wildman–Crippen LogP) is 0.0534. The lowest BCUT2D eigenvalue weighted by molar-refractivity contribution is 0.112. The maximum atomic E-state index is 11.0. The molecule has 2 heterocycles. The first kappa shape index (κ1) is 13.0. The van der Waals surface area contributed by atoms with Crippen LogP contribution >= 0.6 is 0 Å². The Morgan fingerprint density at radius 3 is 3.05 bits per heavy atom. The van der Waals surface area contributed by atoms with Crippen molar-refractivity contribution < 1.29 is 14.5 Å². The van der Waals surface area contributed by atoms with Gasteiger partial charge in [0.05, 0.1) is 12.3 Å². The molecule has 1 aliphatic heterocycles. The van der Waals surface area contributed by atoms with Crippen LogP contribution < -0.4 is 10.2 Å². The number of carbonyl (C=O) groups is 1. The second kappa shape index (κ2) is 5.56. The van der Waals surface area contributed by atoms with E-state index in [4.69, 9.17) is 9.74 Å². The molecule has 3 rings (SSSR count). The molecule has 1 fully saturated rings. The molecule has 0 spiro atoms. The Bertz CT molecular complexity index is 607. The van der Waals surface area contributed by atoms with E-state index in [-0.39, 0.29) is 6.61 Å². The van der Waals surface area contributed by atoms with Crippen molar-refractivity contribution in [1.82, 2.24) is 15.6 Å². The summed E-state index contributed by atoms with van der Waals surface area (Å²) in [6.07, 6.45) is 0.803. The highest BCUT2D eigenvalue weighted by Gasteiger charge is 2.28. The molecule has 0 bridgehead atoms. The van der Waals surface area contributed by atoms with Gasteiger partial charge in [0.25, 0.3) is 0 Å². The highest BCUT2D eigenvalue weighted by molar-refractivity contribution is 5.93. The molecule has 106 valence electrons. The van der Waals surface area contributed by atoms with E-state index >= 15 is 0 Å². The number of aliphatic hydroxyl groups excluding tert-OH is 1. The minimum atomic E-state index is 0.156. The molecule has 1 aromatic carbocycles. The number of fused-ring (bicyclic) bond motifs is 1. The second-order valence-corrected chi connectivity index (χ2v) is 4.99. The molecular formula is C13H16N4O3. The van der Waals surface area contributed by atoms with Crippen LogP contribution in [0.1, 0.15) is 10.4 Å². The number of aromatic nitrogens is 2. The van der Waals surface area contributed by atoms with Gasteiger partial charge in [-0.1, -0.05) is 0 Å². The lowest BCUT2D eigenvalue weighted by Gasteiger charge is -2.41. The van der Waals surface area contributed by atoms with Crippen molar-refractivity contribution in [3.63, 3.8) is 0 Å². The third-order valence-corrected chi connectivity index (χ3v) is 3.52. The van der Waals surface area contributed by atoms with Crippen molar-refractivity contribution >= 4 is 23.0 Å². The minimum absolute atomic E-state index is 0.156. The van der Waals surface area contributed by atoms with E-state index in [0.29, 0.717) is 29.1 Å². The maximum Gasteiger partial charge on any atom is 0.158 e. The largest absolute Gasteiger partial charge is 0.395 e. The first-order chi connectivity index (χ1) is 9.81. The summed E-state index contributed by atoms with van der Waals surface area (Å²) < 4.78 is 4.75. The number of anilines is 1. The van der Waals surface area contributed by atoms with Gasteiger partial charge >= 0.3 is 0 Å². The molecule has 1 aromatic heterocycles. The molecule has 7 heteroatoms. The minimum Gasteiger partial charge on any atom is -0.395 e. The Labute approximate surface area is 115 Å². The molecule has 2 aromatic rings. The van der Waals surface area contributed by atoms with Gasteiger partial charge in [0.2, 0.25) is 0 Å². The Balaban J connectivity index is 1.72. The van der Waals surface area contributed by atoms with Gasteiger partial charge < -0.3 is 15.3 Å². The Kier molecular flexibility index (Phi) is 3.62. The summed E-state index contributed by atoms with van der Waals surface area (Å²) in [6.45, 7) is 3.44. The van der Waals surface area contributed by atoms with E-state index in [1.165, 1.54) is 0 Å². The smallest absolute Gasteiger partial charge is 0.158 e. The average molecular weight is 276 g/mol. The van der Waals surface area contributed by atoms with Crippen LogP contribution in [0.15, 0.2) is 16.8 Å². The molecule has 7 nitrogen and oxygen atoms in total. The monoisotopic (exact) mass is 276 g/mol. The quantitative estimate of drug-likeness (QED) is 0.569. The standard InChI is InChI=1S/C13H16N4O3/c18-2-1-14-5-10-6-17(7-10)12-4-9(8-19)3-11-13(12)16-20-15-11/h3-4,8,10,14,18H,1-2,5-7H2. The van der Waals surface area contributed by atoms with Crippen molar-refractivity contribution in [3.8, 4) is 0 Å². The zero-order valence-electron chi connectivity index (χ0n) is 11.0. The number of rotatable bonds is 6. The molecule has 1 saturated heterocycles. The third-order valence-electron chi connectivity index (χ3n) is 3.52. The summed E-state index contributed by atoms with van der Waals surface area (Å²) >= 11 is 0. The van der Waals surface area contributed by atoms with Crippen LogP contribution in [0.25, 0.3) is 11.0 Å². The highest BCUT2D eigenvalue weighted by Crippen LogP contribution is 2.31. The zero-order valence-corrected chi connectivity index (χ0v) is 11.0. The molecule has 20 heavy (non-hydrogen) atoms. The van der Waals surface area contributed by atoms with Crippen LogP contribution in [-0.2, 0) is 0 Å². The molecule has 0 unspecified atom stereocenters. The number of aldehydes is 1. The summed E-state index contributed by atoms with van der Waals surface area (Å²) in [5.74, 6) is 0.538. The fourth-order valence-electron chi connectivity index (χ4n) is 2.48. The number of benzene rings is 1. The van der Waals surface area contributed by atoms with Crippen LogP contribution in [0, 0.1) is 5.92 Å². The van der Waals surface area contributed by atoms with Gasteiger partial charge in [-0.15, -0.1) is 0 Å². The number of carbonyl (C=O) groups excluding carboxylic acids is 1. The number of hydrogen-bond acceptors (Lipinski definition) is 7. The molecule has 0 aliphatic carbocycles. The Morgan fingerprint density at radius 2 is 2.30 bits per heavy atom. The lowest BCUT2D eigenvalue weighted by Crippen LogP contribution is -2.51. The van der Waals surface area contributed by atoms with Crippen molar-refractivity contribution in [1.29, 1.82) is 0 Å². The van der Waals surface area contributed by atoms with Crippen LogP contribution in [0.2, 0.25) is 0 Å². The van der Waals surface area contributed by atoms with Crippen LogP contribution in [0.4, 0.5) is 5.69 Å². The van der Waals surface area contributed by atoms with Crippen LogP contribution in [0.5, 0.6) is 0 Å². The lowest BCUT2D eigenvalue weighted by atomic mass is 9.98. The van der Waals surface area contributed by atoms with Gasteiger partial charge in [-0.3, -0.25) is 4.79 Å². The summed E-state index contributed by atoms with van der Waals surface area (Å²) in [6, 6.07) is 3.49. The van der Waals surface area contributed by atoms with E-state index in [1.807, 2.05) is 6.07 Å². The summed E-state index contributed by atoms with van der Waals surface area (Å²) in [7, 11) is 0. The topological polar surface area (TPSA) is 91.5 Å². The molecule has 0 saturated carbocycles. The van der Waals surface area contributed by atoms with Crippen LogP contribution in [-0.4, -0.2) is 54.5 Å². The molecule has 2 N–H and O–H groups in total. The maximum absolute atomic E-state index is 11.0. The van der Waals surface area contributed by atoms with Crippen LogP contribution in [0.3, 0.4) is 0 Å². The summed E-state index contributed by atoms with van der Waals surface area (Å²) in [5, 5.41) is 19.6. The number of nitrogens with one attached hydrogen (secondary N) is 1. The van der Waals surface area contributed by atoms with E-state index in [2.05, 4.69) is 20.5 Å². The summed E-state index contributed by atoms with van der Waals surface area (Å²) in [5.41, 5.74) is 2.76. The van der Waals surface area contributed by atoms with Gasteiger partial charge in [0.1, 0.15) is 11.8 Å². The first-order valence-corrected chi connectivity index (χ1v) is 6.60. The fraction of sp³-hybridized carbons (Fsp3) is 0.462. The molecule has 0 amide bonds. The van der Waals surface area contributed by atoms with E-state index in [0.717, 1.165) is 31.6 Å². The Hall–Kier alpha value is -1.99. The average Bonchev–Trinajstić information content (AvgIpc) is 2.88. The Morgan fingerprint density at radius 1 is 1.45 bits per heavy atom. The third kappa shape index (κ3) is 2.37. The van der Waals surface area contributed by atoms with Crippen molar-refractivity contribution in [2.75, 3.05) is 37.7 Å². The first-order valence-electron chi connectivity index (χ1n) is 6.60. The zero-order chi connectivity index (χ0) is 13.9. The van der Waals surface area contributed by atoms with Gasteiger partial charge in [-0.05, 0) is 22.4 Å². The number of aliphatic hydroxyl groups is 1. The van der Waals surface area contributed by atoms with Gasteiger partial charge in [-0.25, -0.2) is 4.63 Å². The normalized spacial score (nSPS) is 15.6. The molecule has 0 atom stereocenters. The summed E-state index contributed by atoms with van der Waals surface area (Å²) in [4.78, 5) is 13.1. The van der Waals surface area contributed by atoms with E-state index in [9.17, 15) is 4.79 Å². The van der Waals surface area contributed by atoms with Crippen molar-refractivity contribution in [2.24, 2.45) is 5.92 Å². The highest BCUT2D eigenvalue weighted by atomic mass is 16.6. The van der Waals surface area contributed by atoms with Gasteiger partial charge in [-0.2, -0.15) is 0 Å². The van der Waals surface area contributed by atoms with E-state index in [1.54, 1.807) is 6.07 Å². The van der Waals surface area contributed by atoms with Crippen molar-refractivity contribution in [2.45, 2.75) is 0 Å². The molecular weight excluding hydrogens is 260 g/mol.